The molecule has 0 radical (unpaired) electrons. The van der Waals surface area contributed by atoms with Crippen molar-refractivity contribution in [2.24, 2.45) is 7.05 Å². The Kier molecular flexibility index (Phi) is 3.19. The van der Waals surface area contributed by atoms with Crippen LogP contribution in [0, 0.1) is 0 Å². The fourth-order valence-electron chi connectivity index (χ4n) is 1.46. The number of nitrogens with zero attached hydrogens (tertiary/aromatic N) is 2. The van der Waals surface area contributed by atoms with E-state index in [4.69, 9.17) is 23.2 Å². The normalized spacial score (nSPS) is 12.8. The number of hydrogen-bond acceptors (Lipinski definition) is 2. The van der Waals surface area contributed by atoms with Gasteiger partial charge in [-0.05, 0) is 18.2 Å². The molecule has 0 saturated carbocycles. The molecular weight excluding hydrogens is 247 g/mol. The lowest BCUT2D eigenvalue weighted by Gasteiger charge is -2.10. The minimum atomic E-state index is -0.854. The standard InChI is InChI=1S/C11H10Cl2N2O/c1-15-5-10(14-6-15)11(16)8-4-7(12)2-3-9(8)13/h2-6,11,16H,1H3. The van der Waals surface area contributed by atoms with Crippen LogP contribution in [0.5, 0.6) is 0 Å². The van der Waals surface area contributed by atoms with E-state index in [0.29, 0.717) is 21.3 Å². The highest BCUT2D eigenvalue weighted by molar-refractivity contribution is 6.33. The molecule has 2 rings (SSSR count). The summed E-state index contributed by atoms with van der Waals surface area (Å²) < 4.78 is 1.76. The van der Waals surface area contributed by atoms with Crippen molar-refractivity contribution in [3.05, 3.63) is 52.0 Å². The Labute approximate surface area is 103 Å². The van der Waals surface area contributed by atoms with Crippen molar-refractivity contribution in [2.75, 3.05) is 0 Å². The van der Waals surface area contributed by atoms with Crippen molar-refractivity contribution in [2.45, 2.75) is 6.10 Å². The monoisotopic (exact) mass is 256 g/mol. The maximum atomic E-state index is 10.1. The summed E-state index contributed by atoms with van der Waals surface area (Å²) >= 11 is 11.9. The number of hydrogen-bond donors (Lipinski definition) is 1. The summed E-state index contributed by atoms with van der Waals surface area (Å²) in [5.41, 5.74) is 1.11. The van der Waals surface area contributed by atoms with Crippen molar-refractivity contribution in [1.82, 2.24) is 9.55 Å². The Bertz CT molecular complexity index is 510. The lowest BCUT2D eigenvalue weighted by Crippen LogP contribution is -2.01. The largest absolute Gasteiger partial charge is 0.382 e. The fourth-order valence-corrected chi connectivity index (χ4v) is 1.86. The van der Waals surface area contributed by atoms with Crippen molar-refractivity contribution < 1.29 is 5.11 Å². The number of aliphatic hydroxyl groups excluding tert-OH is 1. The number of aromatic nitrogens is 2. The van der Waals surface area contributed by atoms with E-state index in [1.807, 2.05) is 7.05 Å². The quantitative estimate of drug-likeness (QED) is 0.898. The molecule has 0 saturated heterocycles. The molecule has 16 heavy (non-hydrogen) atoms. The zero-order valence-corrected chi connectivity index (χ0v) is 10.1. The average molecular weight is 257 g/mol. The molecule has 1 atom stereocenters. The predicted octanol–water partition coefficient (Wildman–Crippen LogP) is 2.81. The zero-order chi connectivity index (χ0) is 11.7. The van der Waals surface area contributed by atoms with Gasteiger partial charge in [-0.25, -0.2) is 4.98 Å². The molecule has 1 aromatic carbocycles. The van der Waals surface area contributed by atoms with Gasteiger partial charge in [0.15, 0.2) is 0 Å². The molecule has 0 aliphatic carbocycles. The summed E-state index contributed by atoms with van der Waals surface area (Å²) in [4.78, 5) is 4.07. The van der Waals surface area contributed by atoms with Crippen LogP contribution >= 0.6 is 23.2 Å². The van der Waals surface area contributed by atoms with Gasteiger partial charge in [0.25, 0.3) is 0 Å². The van der Waals surface area contributed by atoms with Crippen LogP contribution < -0.4 is 0 Å². The molecule has 1 N–H and O–H groups in total. The molecule has 84 valence electrons. The lowest BCUT2D eigenvalue weighted by molar-refractivity contribution is 0.216. The Hall–Kier alpha value is -1.03. The first kappa shape index (κ1) is 11.5. The van der Waals surface area contributed by atoms with Crippen LogP contribution in [0.3, 0.4) is 0 Å². The highest BCUT2D eigenvalue weighted by Gasteiger charge is 2.16. The average Bonchev–Trinajstić information content (AvgIpc) is 2.67. The van der Waals surface area contributed by atoms with E-state index < -0.39 is 6.10 Å². The number of imidazole rings is 1. The third kappa shape index (κ3) is 2.21. The van der Waals surface area contributed by atoms with Crippen molar-refractivity contribution in [1.29, 1.82) is 0 Å². The summed E-state index contributed by atoms with van der Waals surface area (Å²) in [5.74, 6) is 0. The smallest absolute Gasteiger partial charge is 0.124 e. The molecule has 0 bridgehead atoms. The topological polar surface area (TPSA) is 38.0 Å². The third-order valence-electron chi connectivity index (χ3n) is 2.26. The minimum Gasteiger partial charge on any atom is -0.382 e. The van der Waals surface area contributed by atoms with Gasteiger partial charge in [0.1, 0.15) is 6.10 Å². The van der Waals surface area contributed by atoms with Crippen LogP contribution in [0.25, 0.3) is 0 Å². The maximum absolute atomic E-state index is 10.1. The zero-order valence-electron chi connectivity index (χ0n) is 8.56. The first-order chi connectivity index (χ1) is 7.58. The molecule has 0 fully saturated rings. The molecule has 5 heteroatoms. The SMILES string of the molecule is Cn1cnc(C(O)c2cc(Cl)ccc2Cl)c1. The van der Waals surface area contributed by atoms with E-state index in [1.54, 1.807) is 35.3 Å². The minimum absolute atomic E-state index is 0.475. The van der Waals surface area contributed by atoms with Crippen molar-refractivity contribution >= 4 is 23.2 Å². The number of rotatable bonds is 2. The predicted molar refractivity (Wildman–Crippen MR) is 63.7 cm³/mol. The van der Waals surface area contributed by atoms with Gasteiger partial charge in [-0.3, -0.25) is 0 Å². The molecule has 2 aromatic rings. The first-order valence-corrected chi connectivity index (χ1v) is 5.44. The van der Waals surface area contributed by atoms with Crippen LogP contribution in [0.4, 0.5) is 0 Å². The molecule has 1 unspecified atom stereocenters. The molecule has 0 spiro atoms. The number of halogens is 2. The molecule has 1 heterocycles. The van der Waals surface area contributed by atoms with Crippen LogP contribution in [-0.2, 0) is 7.05 Å². The van der Waals surface area contributed by atoms with Gasteiger partial charge in [0.2, 0.25) is 0 Å². The molecule has 3 nitrogen and oxygen atoms in total. The highest BCUT2D eigenvalue weighted by Crippen LogP contribution is 2.29. The summed E-state index contributed by atoms with van der Waals surface area (Å²) in [6.07, 6.45) is 2.51. The lowest BCUT2D eigenvalue weighted by atomic mass is 10.1. The highest BCUT2D eigenvalue weighted by atomic mass is 35.5. The first-order valence-electron chi connectivity index (χ1n) is 4.69. The van der Waals surface area contributed by atoms with Gasteiger partial charge in [0, 0.05) is 28.9 Å². The van der Waals surface area contributed by atoms with E-state index in [1.165, 1.54) is 0 Å². The van der Waals surface area contributed by atoms with Crippen LogP contribution in [0.1, 0.15) is 17.4 Å². The molecule has 0 aliphatic rings. The summed E-state index contributed by atoms with van der Waals surface area (Å²) in [6, 6.07) is 4.98. The molecule has 0 amide bonds. The summed E-state index contributed by atoms with van der Waals surface area (Å²) in [6.45, 7) is 0. The van der Waals surface area contributed by atoms with Crippen molar-refractivity contribution in [3.8, 4) is 0 Å². The van der Waals surface area contributed by atoms with Crippen molar-refractivity contribution in [3.63, 3.8) is 0 Å². The third-order valence-corrected chi connectivity index (χ3v) is 2.84. The number of aryl methyl sites for hydroxylation is 1. The Balaban J connectivity index is 2.40. The summed E-state index contributed by atoms with van der Waals surface area (Å²) in [5, 5.41) is 11.1. The Morgan fingerprint density at radius 1 is 1.38 bits per heavy atom. The van der Waals surface area contributed by atoms with Gasteiger partial charge >= 0.3 is 0 Å². The summed E-state index contributed by atoms with van der Waals surface area (Å²) in [7, 11) is 1.84. The van der Waals surface area contributed by atoms with Crippen LogP contribution in [0.15, 0.2) is 30.7 Å². The fraction of sp³-hybridized carbons (Fsp3) is 0.182. The van der Waals surface area contributed by atoms with Gasteiger partial charge in [0.05, 0.1) is 12.0 Å². The second kappa shape index (κ2) is 4.45. The second-order valence-electron chi connectivity index (χ2n) is 3.53. The molecule has 0 aliphatic heterocycles. The molecule has 1 aromatic heterocycles. The van der Waals surface area contributed by atoms with Gasteiger partial charge < -0.3 is 9.67 Å². The van der Waals surface area contributed by atoms with E-state index in [2.05, 4.69) is 4.98 Å². The Morgan fingerprint density at radius 2 is 2.12 bits per heavy atom. The van der Waals surface area contributed by atoms with Gasteiger partial charge in [-0.15, -0.1) is 0 Å². The van der Waals surface area contributed by atoms with E-state index in [0.717, 1.165) is 0 Å². The number of aliphatic hydroxyl groups is 1. The second-order valence-corrected chi connectivity index (χ2v) is 4.38. The van der Waals surface area contributed by atoms with E-state index in [-0.39, 0.29) is 0 Å². The Morgan fingerprint density at radius 3 is 2.75 bits per heavy atom. The van der Waals surface area contributed by atoms with Crippen LogP contribution in [-0.4, -0.2) is 14.7 Å². The van der Waals surface area contributed by atoms with E-state index in [9.17, 15) is 5.11 Å². The van der Waals surface area contributed by atoms with Gasteiger partial charge in [-0.2, -0.15) is 0 Å². The van der Waals surface area contributed by atoms with E-state index >= 15 is 0 Å². The molecular formula is C11H10Cl2N2O. The maximum Gasteiger partial charge on any atom is 0.124 e. The van der Waals surface area contributed by atoms with Gasteiger partial charge in [-0.1, -0.05) is 23.2 Å². The number of benzene rings is 1. The van der Waals surface area contributed by atoms with Crippen LogP contribution in [0.2, 0.25) is 10.0 Å².